The third-order valence-corrected chi connectivity index (χ3v) is 6.07. The van der Waals surface area contributed by atoms with Crippen molar-refractivity contribution < 1.29 is 4.79 Å². The molecule has 0 radical (unpaired) electrons. The van der Waals surface area contributed by atoms with Crippen LogP contribution in [0, 0.1) is 11.3 Å². The molecule has 0 saturated carbocycles. The molecule has 5 nitrogen and oxygen atoms in total. The van der Waals surface area contributed by atoms with E-state index in [9.17, 15) is 4.79 Å². The van der Waals surface area contributed by atoms with Gasteiger partial charge in [0.15, 0.2) is 0 Å². The summed E-state index contributed by atoms with van der Waals surface area (Å²) in [6.45, 7) is 9.56. The van der Waals surface area contributed by atoms with E-state index < -0.39 is 0 Å². The Bertz CT molecular complexity index is 699. The van der Waals surface area contributed by atoms with Crippen LogP contribution in [0.3, 0.4) is 0 Å². The highest BCUT2D eigenvalue weighted by Crippen LogP contribution is 2.40. The van der Waals surface area contributed by atoms with E-state index in [2.05, 4.69) is 42.2 Å². The Morgan fingerprint density at radius 1 is 1.50 bits per heavy atom. The molecule has 1 amide bonds. The number of fused-ring (bicyclic) bond motifs is 1. The van der Waals surface area contributed by atoms with Gasteiger partial charge in [-0.25, -0.2) is 4.98 Å². The minimum Gasteiger partial charge on any atom is -0.347 e. The van der Waals surface area contributed by atoms with Gasteiger partial charge in [-0.15, -0.1) is 11.3 Å². The van der Waals surface area contributed by atoms with Crippen molar-refractivity contribution >= 4 is 17.2 Å². The largest absolute Gasteiger partial charge is 0.347 e. The zero-order valence-electron chi connectivity index (χ0n) is 14.9. The first-order valence-corrected chi connectivity index (χ1v) is 9.39. The monoisotopic (exact) mass is 346 g/mol. The summed E-state index contributed by atoms with van der Waals surface area (Å²) in [5.74, 6) is 0.719. The van der Waals surface area contributed by atoms with Gasteiger partial charge in [0.25, 0.3) is 5.91 Å². The topological polar surface area (TPSA) is 59.8 Å². The molecule has 6 heteroatoms. The molecule has 0 spiro atoms. The maximum atomic E-state index is 12.5. The maximum Gasteiger partial charge on any atom is 0.261 e. The second-order valence-electron chi connectivity index (χ2n) is 7.86. The van der Waals surface area contributed by atoms with Gasteiger partial charge in [0, 0.05) is 10.9 Å². The number of hydrogen-bond acceptors (Lipinski definition) is 4. The number of aromatic nitrogens is 3. The van der Waals surface area contributed by atoms with Crippen LogP contribution in [0.5, 0.6) is 0 Å². The second kappa shape index (κ2) is 6.67. The van der Waals surface area contributed by atoms with Crippen LogP contribution in [0.25, 0.3) is 0 Å². The number of amides is 1. The summed E-state index contributed by atoms with van der Waals surface area (Å²) in [6, 6.07) is 2.12. The molecule has 2 aromatic rings. The Morgan fingerprint density at radius 2 is 2.29 bits per heavy atom. The summed E-state index contributed by atoms with van der Waals surface area (Å²) < 4.78 is 1.73. The van der Waals surface area contributed by atoms with Gasteiger partial charge in [-0.2, -0.15) is 5.10 Å². The van der Waals surface area contributed by atoms with Crippen molar-refractivity contribution in [1.82, 2.24) is 20.1 Å². The van der Waals surface area contributed by atoms with E-state index in [1.54, 1.807) is 22.3 Å². The highest BCUT2D eigenvalue weighted by Gasteiger charge is 2.30. The summed E-state index contributed by atoms with van der Waals surface area (Å²) >= 11 is 1.66. The first kappa shape index (κ1) is 17.1. The fraction of sp³-hybridized carbons (Fsp3) is 0.611. The molecule has 0 aliphatic heterocycles. The SMILES string of the molecule is CC(Cn1cncn1)NC(=O)c1cc2c(s1)CCC(C(C)(C)C)C2. The van der Waals surface area contributed by atoms with Crippen LogP contribution < -0.4 is 5.32 Å². The summed E-state index contributed by atoms with van der Waals surface area (Å²) in [4.78, 5) is 18.7. The number of rotatable bonds is 4. The number of aryl methyl sites for hydroxylation is 1. The first-order valence-electron chi connectivity index (χ1n) is 8.58. The molecular weight excluding hydrogens is 320 g/mol. The van der Waals surface area contributed by atoms with E-state index in [0.717, 1.165) is 17.7 Å². The van der Waals surface area contributed by atoms with Crippen LogP contribution in [0.1, 0.15) is 54.2 Å². The van der Waals surface area contributed by atoms with E-state index in [4.69, 9.17) is 0 Å². The number of carbonyl (C=O) groups is 1. The van der Waals surface area contributed by atoms with Gasteiger partial charge >= 0.3 is 0 Å². The Balaban J connectivity index is 1.64. The number of nitrogens with zero attached hydrogens (tertiary/aromatic N) is 3. The molecule has 130 valence electrons. The van der Waals surface area contributed by atoms with Crippen molar-refractivity contribution in [3.8, 4) is 0 Å². The minimum absolute atomic E-state index is 0.0145. The molecule has 2 unspecified atom stereocenters. The molecule has 2 heterocycles. The van der Waals surface area contributed by atoms with Crippen LogP contribution in [0.15, 0.2) is 18.7 Å². The molecule has 2 atom stereocenters. The summed E-state index contributed by atoms with van der Waals surface area (Å²) in [5, 5.41) is 7.15. The van der Waals surface area contributed by atoms with E-state index in [1.807, 2.05) is 6.92 Å². The highest BCUT2D eigenvalue weighted by molar-refractivity contribution is 7.14. The van der Waals surface area contributed by atoms with E-state index >= 15 is 0 Å². The highest BCUT2D eigenvalue weighted by atomic mass is 32.1. The van der Waals surface area contributed by atoms with Gasteiger partial charge in [-0.05, 0) is 49.1 Å². The predicted molar refractivity (Wildman–Crippen MR) is 96.2 cm³/mol. The third kappa shape index (κ3) is 3.86. The molecule has 0 aromatic carbocycles. The van der Waals surface area contributed by atoms with Gasteiger partial charge in [0.2, 0.25) is 0 Å². The molecule has 1 aliphatic rings. The average Bonchev–Trinajstić information content (AvgIpc) is 3.13. The Morgan fingerprint density at radius 3 is 2.96 bits per heavy atom. The zero-order chi connectivity index (χ0) is 17.3. The molecule has 0 saturated heterocycles. The van der Waals surface area contributed by atoms with Crippen molar-refractivity contribution in [2.24, 2.45) is 11.3 Å². The van der Waals surface area contributed by atoms with Crippen molar-refractivity contribution in [3.05, 3.63) is 34.0 Å². The van der Waals surface area contributed by atoms with Gasteiger partial charge < -0.3 is 5.32 Å². The van der Waals surface area contributed by atoms with Crippen LogP contribution in [-0.2, 0) is 19.4 Å². The van der Waals surface area contributed by atoms with Crippen molar-refractivity contribution in [2.75, 3.05) is 0 Å². The molecule has 0 bridgehead atoms. The molecule has 0 fully saturated rings. The normalized spacial score (nSPS) is 18.9. The lowest BCUT2D eigenvalue weighted by atomic mass is 9.72. The van der Waals surface area contributed by atoms with Crippen molar-refractivity contribution in [3.63, 3.8) is 0 Å². The summed E-state index contributed by atoms with van der Waals surface area (Å²) in [6.07, 6.45) is 6.59. The summed E-state index contributed by atoms with van der Waals surface area (Å²) in [7, 11) is 0. The fourth-order valence-corrected chi connectivity index (χ4v) is 4.43. The molecule has 2 aromatic heterocycles. The van der Waals surface area contributed by atoms with Crippen molar-refractivity contribution in [2.45, 2.75) is 59.5 Å². The number of thiophene rings is 1. The predicted octanol–water partition coefficient (Wildman–Crippen LogP) is 3.31. The summed E-state index contributed by atoms with van der Waals surface area (Å²) in [5.41, 5.74) is 1.70. The molecule has 3 rings (SSSR count). The number of hydrogen-bond donors (Lipinski definition) is 1. The van der Waals surface area contributed by atoms with E-state index in [-0.39, 0.29) is 11.9 Å². The molecule has 1 N–H and O–H groups in total. The van der Waals surface area contributed by atoms with E-state index in [0.29, 0.717) is 17.9 Å². The van der Waals surface area contributed by atoms with Gasteiger partial charge in [0.1, 0.15) is 12.7 Å². The lowest BCUT2D eigenvalue weighted by Crippen LogP contribution is -2.35. The van der Waals surface area contributed by atoms with Gasteiger partial charge in [-0.3, -0.25) is 9.48 Å². The van der Waals surface area contributed by atoms with Gasteiger partial charge in [-0.1, -0.05) is 20.8 Å². The van der Waals surface area contributed by atoms with Crippen LogP contribution in [0.4, 0.5) is 0 Å². The Kier molecular flexibility index (Phi) is 4.76. The third-order valence-electron chi connectivity index (χ3n) is 4.84. The minimum atomic E-state index is 0.0145. The smallest absolute Gasteiger partial charge is 0.261 e. The van der Waals surface area contributed by atoms with Crippen LogP contribution in [0.2, 0.25) is 0 Å². The lowest BCUT2D eigenvalue weighted by Gasteiger charge is -2.33. The van der Waals surface area contributed by atoms with Crippen LogP contribution >= 0.6 is 11.3 Å². The maximum absolute atomic E-state index is 12.5. The van der Waals surface area contributed by atoms with Crippen molar-refractivity contribution in [1.29, 1.82) is 0 Å². The standard InChI is InChI=1S/C18H26N4OS/c1-12(9-22-11-19-10-20-22)21-17(23)16-8-13-7-14(18(2,3)4)5-6-15(13)24-16/h8,10-12,14H,5-7,9H2,1-4H3,(H,21,23). The quantitative estimate of drug-likeness (QED) is 0.924. The van der Waals surface area contributed by atoms with Crippen LogP contribution in [-0.4, -0.2) is 26.7 Å². The lowest BCUT2D eigenvalue weighted by molar-refractivity contribution is 0.0940. The van der Waals surface area contributed by atoms with E-state index in [1.165, 1.54) is 23.2 Å². The first-order chi connectivity index (χ1) is 11.3. The fourth-order valence-electron chi connectivity index (χ4n) is 3.32. The second-order valence-corrected chi connectivity index (χ2v) is 8.99. The molecular formula is C18H26N4OS. The van der Waals surface area contributed by atoms with Gasteiger partial charge in [0.05, 0.1) is 11.4 Å². The zero-order valence-corrected chi connectivity index (χ0v) is 15.7. The average molecular weight is 347 g/mol. The Labute approximate surface area is 147 Å². The molecule has 1 aliphatic carbocycles. The number of nitrogens with one attached hydrogen (secondary N) is 1. The molecule has 24 heavy (non-hydrogen) atoms. The number of carbonyl (C=O) groups excluding carboxylic acids is 1. The Hall–Kier alpha value is -1.69.